The zero-order valence-corrected chi connectivity index (χ0v) is 10.6. The molecule has 0 radical (unpaired) electrons. The predicted octanol–water partition coefficient (Wildman–Crippen LogP) is 0.305. The Labute approximate surface area is 105 Å². The van der Waals surface area contributed by atoms with Crippen LogP contribution < -0.4 is 0 Å². The van der Waals surface area contributed by atoms with E-state index in [4.69, 9.17) is 0 Å². The summed E-state index contributed by atoms with van der Waals surface area (Å²) < 4.78 is 33.6. The summed E-state index contributed by atoms with van der Waals surface area (Å²) in [7, 11) is -2.64. The SMILES string of the molecule is COC(=O)[C@@H]1COS(=O)(=O)N1Cc1ccccc1. The lowest BCUT2D eigenvalue weighted by molar-refractivity contribution is -0.145. The van der Waals surface area contributed by atoms with Gasteiger partial charge in [0, 0.05) is 6.54 Å². The summed E-state index contributed by atoms with van der Waals surface area (Å²) in [5, 5.41) is 0. The van der Waals surface area contributed by atoms with Crippen LogP contribution in [0.25, 0.3) is 0 Å². The summed E-state index contributed by atoms with van der Waals surface area (Å²) in [6, 6.07) is 8.07. The molecule has 0 amide bonds. The smallest absolute Gasteiger partial charge is 0.339 e. The zero-order chi connectivity index (χ0) is 13.2. The number of hydrogen-bond donors (Lipinski definition) is 0. The van der Waals surface area contributed by atoms with E-state index in [9.17, 15) is 13.2 Å². The molecule has 1 aromatic rings. The van der Waals surface area contributed by atoms with Crippen molar-refractivity contribution in [2.45, 2.75) is 12.6 Å². The van der Waals surface area contributed by atoms with Crippen molar-refractivity contribution >= 4 is 16.3 Å². The van der Waals surface area contributed by atoms with Gasteiger partial charge in [0.25, 0.3) is 0 Å². The summed E-state index contributed by atoms with van der Waals surface area (Å²) in [6.07, 6.45) is 0. The summed E-state index contributed by atoms with van der Waals surface area (Å²) in [4.78, 5) is 11.5. The van der Waals surface area contributed by atoms with Gasteiger partial charge in [0.1, 0.15) is 6.04 Å². The molecule has 98 valence electrons. The average molecular weight is 271 g/mol. The molecule has 0 aliphatic carbocycles. The van der Waals surface area contributed by atoms with Crippen LogP contribution >= 0.6 is 0 Å². The quantitative estimate of drug-likeness (QED) is 0.740. The molecule has 1 aliphatic rings. The number of carbonyl (C=O) groups is 1. The Morgan fingerprint density at radius 2 is 2.11 bits per heavy atom. The molecule has 0 unspecified atom stereocenters. The molecule has 7 heteroatoms. The van der Waals surface area contributed by atoms with Crippen molar-refractivity contribution in [2.24, 2.45) is 0 Å². The van der Waals surface area contributed by atoms with E-state index in [-0.39, 0.29) is 13.2 Å². The first-order valence-corrected chi connectivity index (χ1v) is 6.69. The fourth-order valence-electron chi connectivity index (χ4n) is 1.73. The zero-order valence-electron chi connectivity index (χ0n) is 9.78. The van der Waals surface area contributed by atoms with Crippen molar-refractivity contribution < 1.29 is 22.1 Å². The van der Waals surface area contributed by atoms with Crippen molar-refractivity contribution in [3.63, 3.8) is 0 Å². The number of ether oxygens (including phenoxy) is 1. The van der Waals surface area contributed by atoms with Crippen LogP contribution in [0.3, 0.4) is 0 Å². The molecule has 0 saturated carbocycles. The van der Waals surface area contributed by atoms with E-state index in [2.05, 4.69) is 8.92 Å². The Morgan fingerprint density at radius 3 is 2.72 bits per heavy atom. The first-order valence-electron chi connectivity index (χ1n) is 5.32. The lowest BCUT2D eigenvalue weighted by atomic mass is 10.2. The highest BCUT2D eigenvalue weighted by atomic mass is 32.2. The maximum Gasteiger partial charge on any atom is 0.339 e. The molecule has 1 aromatic carbocycles. The third-order valence-electron chi connectivity index (χ3n) is 2.66. The van der Waals surface area contributed by atoms with Crippen LogP contribution in [-0.2, 0) is 30.6 Å². The van der Waals surface area contributed by atoms with Gasteiger partial charge in [-0.25, -0.2) is 0 Å². The van der Waals surface area contributed by atoms with Crippen LogP contribution in [0.2, 0.25) is 0 Å². The van der Waals surface area contributed by atoms with Gasteiger partial charge < -0.3 is 4.74 Å². The third kappa shape index (κ3) is 2.53. The highest BCUT2D eigenvalue weighted by Crippen LogP contribution is 2.22. The predicted molar refractivity (Wildman–Crippen MR) is 62.7 cm³/mol. The Bertz CT molecular complexity index is 528. The molecule has 1 atom stereocenters. The van der Waals surface area contributed by atoms with Crippen LogP contribution in [0.4, 0.5) is 0 Å². The molecule has 0 spiro atoms. The highest BCUT2D eigenvalue weighted by molar-refractivity contribution is 7.84. The lowest BCUT2D eigenvalue weighted by Crippen LogP contribution is -2.39. The van der Waals surface area contributed by atoms with Crippen LogP contribution in [0.1, 0.15) is 5.56 Å². The minimum atomic E-state index is -3.86. The van der Waals surface area contributed by atoms with Gasteiger partial charge in [0.05, 0.1) is 13.7 Å². The Kier molecular flexibility index (Phi) is 3.65. The van der Waals surface area contributed by atoms with Crippen LogP contribution in [0, 0.1) is 0 Å². The second-order valence-electron chi connectivity index (χ2n) is 3.81. The van der Waals surface area contributed by atoms with Gasteiger partial charge in [-0.3, -0.25) is 8.98 Å². The average Bonchev–Trinajstić information content (AvgIpc) is 2.66. The molecule has 0 N–H and O–H groups in total. The first kappa shape index (κ1) is 13.0. The molecule has 0 bridgehead atoms. The first-order chi connectivity index (χ1) is 8.54. The summed E-state index contributed by atoms with van der Waals surface area (Å²) >= 11 is 0. The summed E-state index contributed by atoms with van der Waals surface area (Å²) in [5.41, 5.74) is 0.778. The molecule has 18 heavy (non-hydrogen) atoms. The maximum absolute atomic E-state index is 11.7. The molecule has 6 nitrogen and oxygen atoms in total. The number of nitrogens with zero attached hydrogens (tertiary/aromatic N) is 1. The van der Waals surface area contributed by atoms with Gasteiger partial charge in [-0.15, -0.1) is 0 Å². The van der Waals surface area contributed by atoms with E-state index in [0.717, 1.165) is 9.87 Å². The Hall–Kier alpha value is -1.44. The monoisotopic (exact) mass is 271 g/mol. The van der Waals surface area contributed by atoms with E-state index in [0.29, 0.717) is 0 Å². The topological polar surface area (TPSA) is 72.9 Å². The van der Waals surface area contributed by atoms with Crippen LogP contribution in [-0.4, -0.2) is 38.5 Å². The van der Waals surface area contributed by atoms with Gasteiger partial charge in [0.15, 0.2) is 0 Å². The molecular weight excluding hydrogens is 258 g/mol. The van der Waals surface area contributed by atoms with E-state index in [1.54, 1.807) is 24.3 Å². The van der Waals surface area contributed by atoms with E-state index in [1.807, 2.05) is 6.07 Å². The van der Waals surface area contributed by atoms with Crippen LogP contribution in [0.15, 0.2) is 30.3 Å². The maximum atomic E-state index is 11.7. The molecule has 1 fully saturated rings. The fourth-order valence-corrected chi connectivity index (χ4v) is 2.93. The van der Waals surface area contributed by atoms with E-state index >= 15 is 0 Å². The Morgan fingerprint density at radius 1 is 1.44 bits per heavy atom. The number of esters is 1. The van der Waals surface area contributed by atoms with E-state index < -0.39 is 22.3 Å². The number of rotatable bonds is 3. The normalized spacial score (nSPS) is 22.8. The van der Waals surface area contributed by atoms with Crippen molar-refractivity contribution in [1.82, 2.24) is 4.31 Å². The van der Waals surface area contributed by atoms with E-state index in [1.165, 1.54) is 7.11 Å². The highest BCUT2D eigenvalue weighted by Gasteiger charge is 2.43. The van der Waals surface area contributed by atoms with Crippen molar-refractivity contribution in [2.75, 3.05) is 13.7 Å². The van der Waals surface area contributed by atoms with Gasteiger partial charge in [0.2, 0.25) is 0 Å². The molecule has 1 heterocycles. The largest absolute Gasteiger partial charge is 0.468 e. The summed E-state index contributed by atoms with van der Waals surface area (Å²) in [5.74, 6) is -0.619. The molecule has 2 rings (SSSR count). The second kappa shape index (κ2) is 5.05. The fraction of sp³-hybridized carbons (Fsp3) is 0.364. The molecule has 0 aromatic heterocycles. The number of hydrogen-bond acceptors (Lipinski definition) is 5. The van der Waals surface area contributed by atoms with Crippen molar-refractivity contribution in [1.29, 1.82) is 0 Å². The van der Waals surface area contributed by atoms with Crippen LogP contribution in [0.5, 0.6) is 0 Å². The second-order valence-corrected chi connectivity index (χ2v) is 5.37. The third-order valence-corrected chi connectivity index (χ3v) is 4.06. The van der Waals surface area contributed by atoms with Gasteiger partial charge in [-0.05, 0) is 5.56 Å². The minimum absolute atomic E-state index is 0.0862. The van der Waals surface area contributed by atoms with Gasteiger partial charge in [-0.2, -0.15) is 12.7 Å². The van der Waals surface area contributed by atoms with Crippen molar-refractivity contribution in [3.8, 4) is 0 Å². The lowest BCUT2D eigenvalue weighted by Gasteiger charge is -2.18. The Balaban J connectivity index is 2.24. The van der Waals surface area contributed by atoms with Gasteiger partial charge in [-0.1, -0.05) is 30.3 Å². The molecular formula is C11H13NO5S. The standard InChI is InChI=1S/C11H13NO5S/c1-16-11(13)10-8-17-18(14,15)12(10)7-9-5-3-2-4-6-9/h2-6,10H,7-8H2,1H3/t10-/m0/s1. The molecule has 1 saturated heterocycles. The minimum Gasteiger partial charge on any atom is -0.468 e. The number of methoxy groups -OCH3 is 1. The van der Waals surface area contributed by atoms with Gasteiger partial charge >= 0.3 is 16.3 Å². The number of carbonyl (C=O) groups excluding carboxylic acids is 1. The summed E-state index contributed by atoms with van der Waals surface area (Å²) in [6.45, 7) is -0.120. The number of benzene rings is 1. The van der Waals surface area contributed by atoms with Crippen molar-refractivity contribution in [3.05, 3.63) is 35.9 Å². The molecule has 1 aliphatic heterocycles.